The number of aromatic amines is 1. The second-order valence-electron chi connectivity index (χ2n) is 2.51. The molecule has 0 aromatic carbocycles. The van der Waals surface area contributed by atoms with E-state index in [2.05, 4.69) is 25.9 Å². The zero-order valence-corrected chi connectivity index (χ0v) is 8.69. The third-order valence-electron chi connectivity index (χ3n) is 1.75. The minimum Gasteiger partial charge on any atom is -0.345 e. The minimum atomic E-state index is 0.508. The number of pyridine rings is 1. The van der Waals surface area contributed by atoms with E-state index in [-0.39, 0.29) is 0 Å². The Morgan fingerprint density at radius 2 is 2.38 bits per heavy atom. The molecule has 0 saturated carbocycles. The standard InChI is InChI=1S/C8H4BrClN2O/c9-5-2-12-8-6(7(5)10)4(3-13)1-11-8/h1-3H,(H,11,12). The lowest BCUT2D eigenvalue weighted by atomic mass is 10.2. The molecule has 13 heavy (non-hydrogen) atoms. The van der Waals surface area contributed by atoms with Crippen LogP contribution in [0.1, 0.15) is 10.4 Å². The molecule has 66 valence electrons. The predicted octanol–water partition coefficient (Wildman–Crippen LogP) is 2.79. The molecule has 0 amide bonds. The Morgan fingerprint density at radius 3 is 3.08 bits per heavy atom. The summed E-state index contributed by atoms with van der Waals surface area (Å²) >= 11 is 9.23. The second-order valence-corrected chi connectivity index (χ2v) is 3.74. The molecule has 0 unspecified atom stereocenters. The molecule has 2 aromatic heterocycles. The van der Waals surface area contributed by atoms with Crippen molar-refractivity contribution >= 4 is 44.9 Å². The van der Waals surface area contributed by atoms with Gasteiger partial charge in [0.25, 0.3) is 0 Å². The molecular formula is C8H4BrClN2O. The molecule has 0 saturated heterocycles. The topological polar surface area (TPSA) is 45.8 Å². The maximum Gasteiger partial charge on any atom is 0.152 e. The van der Waals surface area contributed by atoms with Crippen LogP contribution < -0.4 is 0 Å². The molecule has 2 heterocycles. The molecule has 0 bridgehead atoms. The number of carbonyl (C=O) groups is 1. The maximum atomic E-state index is 10.6. The Hall–Kier alpha value is -0.870. The lowest BCUT2D eigenvalue weighted by Crippen LogP contribution is -1.81. The first-order valence-electron chi connectivity index (χ1n) is 3.50. The summed E-state index contributed by atoms with van der Waals surface area (Å²) in [5.41, 5.74) is 1.14. The number of nitrogens with one attached hydrogen (secondary N) is 1. The molecule has 0 aliphatic heterocycles. The Bertz CT molecular complexity index is 480. The molecule has 0 fully saturated rings. The number of H-pyrrole nitrogens is 1. The van der Waals surface area contributed by atoms with E-state index >= 15 is 0 Å². The first-order valence-corrected chi connectivity index (χ1v) is 4.67. The number of rotatable bonds is 1. The molecule has 1 N–H and O–H groups in total. The van der Waals surface area contributed by atoms with E-state index in [4.69, 9.17) is 11.6 Å². The van der Waals surface area contributed by atoms with Gasteiger partial charge in [-0.3, -0.25) is 4.79 Å². The van der Waals surface area contributed by atoms with Crippen molar-refractivity contribution in [2.45, 2.75) is 0 Å². The molecule has 0 aliphatic rings. The Kier molecular flexibility index (Phi) is 2.09. The second kappa shape index (κ2) is 3.12. The molecule has 2 aromatic rings. The third-order valence-corrected chi connectivity index (χ3v) is 2.98. The van der Waals surface area contributed by atoms with E-state index in [1.807, 2.05) is 0 Å². The van der Waals surface area contributed by atoms with Crippen molar-refractivity contribution in [1.29, 1.82) is 0 Å². The lowest BCUT2D eigenvalue weighted by Gasteiger charge is -1.96. The normalized spacial score (nSPS) is 10.6. The van der Waals surface area contributed by atoms with Crippen LogP contribution in [0.2, 0.25) is 5.02 Å². The SMILES string of the molecule is O=Cc1c[nH]c2ncc(Br)c(Cl)c12. The van der Waals surface area contributed by atoms with Crippen LogP contribution in [0.25, 0.3) is 11.0 Å². The highest BCUT2D eigenvalue weighted by atomic mass is 79.9. The van der Waals surface area contributed by atoms with E-state index in [1.54, 1.807) is 12.4 Å². The van der Waals surface area contributed by atoms with E-state index in [9.17, 15) is 4.79 Å². The minimum absolute atomic E-state index is 0.508. The summed E-state index contributed by atoms with van der Waals surface area (Å²) in [7, 11) is 0. The number of nitrogens with zero attached hydrogens (tertiary/aromatic N) is 1. The summed E-state index contributed by atoms with van der Waals surface area (Å²) < 4.78 is 0.685. The van der Waals surface area contributed by atoms with Gasteiger partial charge in [0.05, 0.1) is 9.50 Å². The zero-order valence-electron chi connectivity index (χ0n) is 6.34. The van der Waals surface area contributed by atoms with Crippen molar-refractivity contribution in [2.75, 3.05) is 0 Å². The highest BCUT2D eigenvalue weighted by Gasteiger charge is 2.10. The highest BCUT2D eigenvalue weighted by Crippen LogP contribution is 2.30. The monoisotopic (exact) mass is 258 g/mol. The fraction of sp³-hybridized carbons (Fsp3) is 0. The van der Waals surface area contributed by atoms with E-state index < -0.39 is 0 Å². The van der Waals surface area contributed by atoms with E-state index in [0.717, 1.165) is 6.29 Å². The van der Waals surface area contributed by atoms with Crippen molar-refractivity contribution in [3.63, 3.8) is 0 Å². The van der Waals surface area contributed by atoms with Crippen LogP contribution in [0.3, 0.4) is 0 Å². The van der Waals surface area contributed by atoms with Crippen molar-refractivity contribution in [3.05, 3.63) is 27.5 Å². The van der Waals surface area contributed by atoms with Crippen LogP contribution >= 0.6 is 27.5 Å². The van der Waals surface area contributed by atoms with Gasteiger partial charge in [-0.05, 0) is 15.9 Å². The summed E-state index contributed by atoms with van der Waals surface area (Å²) in [5.74, 6) is 0. The number of hydrogen-bond acceptors (Lipinski definition) is 2. The van der Waals surface area contributed by atoms with Gasteiger partial charge in [-0.1, -0.05) is 11.6 Å². The largest absolute Gasteiger partial charge is 0.345 e. The number of aromatic nitrogens is 2. The molecule has 5 heteroatoms. The van der Waals surface area contributed by atoms with Gasteiger partial charge >= 0.3 is 0 Å². The van der Waals surface area contributed by atoms with Crippen molar-refractivity contribution < 1.29 is 4.79 Å². The summed E-state index contributed by atoms with van der Waals surface area (Å²) in [5, 5.41) is 1.17. The van der Waals surface area contributed by atoms with Crippen molar-refractivity contribution in [3.8, 4) is 0 Å². The lowest BCUT2D eigenvalue weighted by molar-refractivity contribution is 0.112. The smallest absolute Gasteiger partial charge is 0.152 e. The molecule has 0 spiro atoms. The fourth-order valence-electron chi connectivity index (χ4n) is 1.15. The maximum absolute atomic E-state index is 10.6. The van der Waals surface area contributed by atoms with Crippen molar-refractivity contribution in [2.24, 2.45) is 0 Å². The summed E-state index contributed by atoms with van der Waals surface area (Å²) in [6, 6.07) is 0. The quantitative estimate of drug-likeness (QED) is 0.801. The van der Waals surface area contributed by atoms with Crippen LogP contribution in [0.4, 0.5) is 0 Å². The van der Waals surface area contributed by atoms with Crippen molar-refractivity contribution in [1.82, 2.24) is 9.97 Å². The van der Waals surface area contributed by atoms with Gasteiger partial charge < -0.3 is 4.98 Å². The van der Waals surface area contributed by atoms with Crippen LogP contribution in [0.15, 0.2) is 16.9 Å². The van der Waals surface area contributed by atoms with Gasteiger partial charge in [-0.2, -0.15) is 0 Å². The van der Waals surface area contributed by atoms with E-state index in [1.165, 1.54) is 0 Å². The zero-order chi connectivity index (χ0) is 9.42. The molecule has 3 nitrogen and oxygen atoms in total. The summed E-state index contributed by atoms with van der Waals surface area (Å²) in [6.45, 7) is 0. The highest BCUT2D eigenvalue weighted by molar-refractivity contribution is 9.10. The number of halogens is 2. The van der Waals surface area contributed by atoms with Crippen LogP contribution in [0, 0.1) is 0 Å². The first kappa shape index (κ1) is 8.72. The number of fused-ring (bicyclic) bond motifs is 1. The number of aldehydes is 1. The number of hydrogen-bond donors (Lipinski definition) is 1. The Morgan fingerprint density at radius 1 is 1.62 bits per heavy atom. The van der Waals surface area contributed by atoms with Gasteiger partial charge in [0.2, 0.25) is 0 Å². The first-order chi connectivity index (χ1) is 6.24. The number of carbonyl (C=O) groups excluding carboxylic acids is 1. The van der Waals surface area contributed by atoms with Crippen LogP contribution in [-0.4, -0.2) is 16.3 Å². The van der Waals surface area contributed by atoms with Gasteiger partial charge in [-0.15, -0.1) is 0 Å². The summed E-state index contributed by atoms with van der Waals surface area (Å²) in [4.78, 5) is 17.5. The molecule has 0 aliphatic carbocycles. The average molecular weight is 259 g/mol. The van der Waals surface area contributed by atoms with Gasteiger partial charge in [0.1, 0.15) is 5.65 Å². The molecule has 0 atom stereocenters. The van der Waals surface area contributed by atoms with Gasteiger partial charge in [0, 0.05) is 23.3 Å². The Labute approximate surface area is 87.2 Å². The fourth-order valence-corrected chi connectivity index (χ4v) is 1.70. The van der Waals surface area contributed by atoms with Gasteiger partial charge in [0.15, 0.2) is 6.29 Å². The molecular weight excluding hydrogens is 255 g/mol. The third kappa shape index (κ3) is 1.26. The van der Waals surface area contributed by atoms with Crippen LogP contribution in [0.5, 0.6) is 0 Å². The summed E-state index contributed by atoms with van der Waals surface area (Å²) in [6.07, 6.45) is 3.93. The average Bonchev–Trinajstić information content (AvgIpc) is 2.55. The molecule has 2 rings (SSSR count). The Balaban J connectivity index is 2.93. The van der Waals surface area contributed by atoms with E-state index in [0.29, 0.717) is 26.1 Å². The van der Waals surface area contributed by atoms with Gasteiger partial charge in [-0.25, -0.2) is 4.98 Å². The molecule has 0 radical (unpaired) electrons. The predicted molar refractivity (Wildman–Crippen MR) is 54.2 cm³/mol. The van der Waals surface area contributed by atoms with Crippen LogP contribution in [-0.2, 0) is 0 Å².